The van der Waals surface area contributed by atoms with Gasteiger partial charge in [-0.2, -0.15) is 0 Å². The number of allylic oxidation sites excluding steroid dienone is 6. The molecule has 1 atom stereocenters. The van der Waals surface area contributed by atoms with Gasteiger partial charge in [0.2, 0.25) is 0 Å². The van der Waals surface area contributed by atoms with Gasteiger partial charge < -0.3 is 14.2 Å². The Morgan fingerprint density at radius 2 is 0.434 bits per heavy atom. The van der Waals surface area contributed by atoms with Gasteiger partial charge in [0.05, 0.1) is 0 Å². The lowest BCUT2D eigenvalue weighted by Crippen LogP contribution is -2.30. The Kier molecular flexibility index (Phi) is 70.0. The number of hydrogen-bond acceptors (Lipinski definition) is 6. The Labute approximate surface area is 518 Å². The molecule has 0 fully saturated rings. The predicted octanol–water partition coefficient (Wildman–Crippen LogP) is 25.9. The minimum atomic E-state index is -0.771. The third-order valence-electron chi connectivity index (χ3n) is 17.1. The molecule has 0 spiro atoms. The first-order chi connectivity index (χ1) is 41.0. The largest absolute Gasteiger partial charge is 0.462 e. The van der Waals surface area contributed by atoms with Gasteiger partial charge in [0.25, 0.3) is 0 Å². The number of ether oxygens (including phenoxy) is 3. The molecule has 0 aliphatic carbocycles. The van der Waals surface area contributed by atoms with Gasteiger partial charge in [-0.05, 0) is 57.8 Å². The van der Waals surface area contributed by atoms with E-state index in [-0.39, 0.29) is 31.1 Å². The standard InChI is InChI=1S/C77H144O6/c1-4-7-10-13-16-19-22-24-26-28-30-32-34-36-37-38-39-40-42-43-45-47-49-51-53-55-58-61-64-67-70-76(79)82-73-74(72-81-75(78)69-66-63-60-57-21-18-15-12-9-6-3)83-77(80)71-68-65-62-59-56-54-52-50-48-46-44-41-35-33-31-29-27-25-23-20-17-14-11-8-5-2/h23,25,29,31,35,41,74H,4-22,24,26-28,30,32-34,36-40,42-73H2,1-3H3/b25-23-,31-29-,41-35-. The van der Waals surface area contributed by atoms with Crippen molar-refractivity contribution in [2.24, 2.45) is 0 Å². The van der Waals surface area contributed by atoms with Gasteiger partial charge in [-0.3, -0.25) is 14.4 Å². The van der Waals surface area contributed by atoms with E-state index in [9.17, 15) is 14.4 Å². The lowest BCUT2D eigenvalue weighted by Gasteiger charge is -2.18. The number of esters is 3. The summed E-state index contributed by atoms with van der Waals surface area (Å²) in [6.45, 7) is 6.69. The van der Waals surface area contributed by atoms with Crippen LogP contribution in [0.3, 0.4) is 0 Å². The van der Waals surface area contributed by atoms with E-state index in [0.717, 1.165) is 70.6 Å². The zero-order valence-electron chi connectivity index (χ0n) is 56.2. The fraction of sp³-hybridized carbons (Fsp3) is 0.883. The molecule has 6 heteroatoms. The molecule has 0 bridgehead atoms. The Balaban J connectivity index is 4.10. The average molecular weight is 1170 g/mol. The molecule has 0 saturated carbocycles. The Hall–Kier alpha value is -2.37. The molecule has 83 heavy (non-hydrogen) atoms. The SMILES string of the molecule is CCCCCCC/C=C\C/C=C\C/C=C\CCCCCCCCCCCCC(=O)OC(COC(=O)CCCCCCCCCCCC)COC(=O)CCCCCCCCCCCCCCCCCCCCCCCCCCCCCCCC. The first-order valence-corrected chi connectivity index (χ1v) is 37.5. The summed E-state index contributed by atoms with van der Waals surface area (Å²) in [7, 11) is 0. The highest BCUT2D eigenvalue weighted by molar-refractivity contribution is 5.71. The van der Waals surface area contributed by atoms with Gasteiger partial charge in [0.15, 0.2) is 6.10 Å². The van der Waals surface area contributed by atoms with Crippen molar-refractivity contribution in [3.63, 3.8) is 0 Å². The minimum Gasteiger partial charge on any atom is -0.462 e. The molecule has 0 aliphatic heterocycles. The summed E-state index contributed by atoms with van der Waals surface area (Å²) < 4.78 is 17.0. The molecule has 0 aromatic heterocycles. The van der Waals surface area contributed by atoms with Gasteiger partial charge in [-0.25, -0.2) is 0 Å². The second kappa shape index (κ2) is 72.1. The molecule has 0 aromatic carbocycles. The summed E-state index contributed by atoms with van der Waals surface area (Å²) in [5, 5.41) is 0. The fourth-order valence-electron chi connectivity index (χ4n) is 11.5. The number of rotatable bonds is 70. The second-order valence-corrected chi connectivity index (χ2v) is 25.6. The third kappa shape index (κ3) is 70.3. The Morgan fingerprint density at radius 3 is 0.675 bits per heavy atom. The van der Waals surface area contributed by atoms with Crippen LogP contribution >= 0.6 is 0 Å². The van der Waals surface area contributed by atoms with Gasteiger partial charge in [0.1, 0.15) is 13.2 Å². The maximum Gasteiger partial charge on any atom is 0.306 e. The minimum absolute atomic E-state index is 0.0678. The molecule has 1 unspecified atom stereocenters. The molecule has 6 nitrogen and oxygen atoms in total. The van der Waals surface area contributed by atoms with Crippen LogP contribution in [0.5, 0.6) is 0 Å². The maximum atomic E-state index is 12.9. The van der Waals surface area contributed by atoms with Gasteiger partial charge in [-0.1, -0.05) is 378 Å². The Bertz CT molecular complexity index is 1380. The third-order valence-corrected chi connectivity index (χ3v) is 17.1. The lowest BCUT2D eigenvalue weighted by molar-refractivity contribution is -0.167. The van der Waals surface area contributed by atoms with Crippen molar-refractivity contribution >= 4 is 17.9 Å². The van der Waals surface area contributed by atoms with Gasteiger partial charge in [-0.15, -0.1) is 0 Å². The van der Waals surface area contributed by atoms with Crippen LogP contribution < -0.4 is 0 Å². The smallest absolute Gasteiger partial charge is 0.306 e. The summed E-state index contributed by atoms with van der Waals surface area (Å²) in [5.74, 6) is -0.844. The normalized spacial score (nSPS) is 12.2. The van der Waals surface area contributed by atoms with E-state index < -0.39 is 6.10 Å². The number of unbranched alkanes of at least 4 members (excludes halogenated alkanes) is 53. The molecule has 0 amide bonds. The zero-order valence-corrected chi connectivity index (χ0v) is 56.2. The second-order valence-electron chi connectivity index (χ2n) is 25.6. The summed E-state index contributed by atoms with van der Waals surface area (Å²) in [6.07, 6.45) is 90.6. The predicted molar refractivity (Wildman–Crippen MR) is 362 cm³/mol. The van der Waals surface area contributed by atoms with Gasteiger partial charge >= 0.3 is 17.9 Å². The van der Waals surface area contributed by atoms with E-state index in [0.29, 0.717) is 19.3 Å². The fourth-order valence-corrected chi connectivity index (χ4v) is 11.5. The quantitative estimate of drug-likeness (QED) is 0.0261. The molecule has 0 rings (SSSR count). The molecular formula is C77H144O6. The van der Waals surface area contributed by atoms with Crippen molar-refractivity contribution in [3.8, 4) is 0 Å². The van der Waals surface area contributed by atoms with Crippen LogP contribution in [-0.2, 0) is 28.6 Å². The topological polar surface area (TPSA) is 78.9 Å². The summed E-state index contributed by atoms with van der Waals surface area (Å²) in [5.41, 5.74) is 0. The van der Waals surface area contributed by atoms with Crippen LogP contribution in [0.2, 0.25) is 0 Å². The number of carbonyl (C=O) groups excluding carboxylic acids is 3. The van der Waals surface area contributed by atoms with E-state index in [1.807, 2.05) is 0 Å². The van der Waals surface area contributed by atoms with Crippen molar-refractivity contribution in [1.82, 2.24) is 0 Å². The first kappa shape index (κ1) is 80.6. The molecular weight excluding hydrogens is 1020 g/mol. The van der Waals surface area contributed by atoms with E-state index in [1.165, 1.54) is 308 Å². The number of carbonyl (C=O) groups is 3. The van der Waals surface area contributed by atoms with E-state index in [4.69, 9.17) is 14.2 Å². The van der Waals surface area contributed by atoms with Crippen LogP contribution in [0.1, 0.15) is 419 Å². The highest BCUT2D eigenvalue weighted by Crippen LogP contribution is 2.19. The maximum absolute atomic E-state index is 12.9. The van der Waals surface area contributed by atoms with Gasteiger partial charge in [0, 0.05) is 19.3 Å². The molecule has 0 saturated heterocycles. The highest BCUT2D eigenvalue weighted by Gasteiger charge is 2.20. The highest BCUT2D eigenvalue weighted by atomic mass is 16.6. The summed E-state index contributed by atoms with van der Waals surface area (Å²) in [4.78, 5) is 38.4. The first-order valence-electron chi connectivity index (χ1n) is 37.5. The number of hydrogen-bond donors (Lipinski definition) is 0. The molecule has 0 aromatic rings. The van der Waals surface area contributed by atoms with Crippen LogP contribution in [-0.4, -0.2) is 37.2 Å². The van der Waals surface area contributed by atoms with E-state index in [1.54, 1.807) is 0 Å². The Morgan fingerprint density at radius 1 is 0.241 bits per heavy atom. The van der Waals surface area contributed by atoms with E-state index >= 15 is 0 Å². The average Bonchev–Trinajstić information content (AvgIpc) is 3.48. The van der Waals surface area contributed by atoms with Crippen LogP contribution in [0.25, 0.3) is 0 Å². The van der Waals surface area contributed by atoms with Crippen molar-refractivity contribution in [2.45, 2.75) is 425 Å². The molecule has 0 N–H and O–H groups in total. The summed E-state index contributed by atoms with van der Waals surface area (Å²) >= 11 is 0. The van der Waals surface area contributed by atoms with Crippen LogP contribution in [0, 0.1) is 0 Å². The molecule has 0 radical (unpaired) electrons. The van der Waals surface area contributed by atoms with Crippen molar-refractivity contribution in [2.75, 3.05) is 13.2 Å². The molecule has 0 heterocycles. The van der Waals surface area contributed by atoms with Crippen molar-refractivity contribution < 1.29 is 28.6 Å². The summed E-state index contributed by atoms with van der Waals surface area (Å²) in [6, 6.07) is 0. The van der Waals surface area contributed by atoms with Crippen molar-refractivity contribution in [1.29, 1.82) is 0 Å². The monoisotopic (exact) mass is 1170 g/mol. The molecule has 0 aliphatic rings. The van der Waals surface area contributed by atoms with Crippen molar-refractivity contribution in [3.05, 3.63) is 36.5 Å². The lowest BCUT2D eigenvalue weighted by atomic mass is 10.0. The molecule has 488 valence electrons. The zero-order chi connectivity index (χ0) is 59.9. The van der Waals surface area contributed by atoms with Crippen LogP contribution in [0.15, 0.2) is 36.5 Å². The van der Waals surface area contributed by atoms with Crippen LogP contribution in [0.4, 0.5) is 0 Å². The van der Waals surface area contributed by atoms with E-state index in [2.05, 4.69) is 57.2 Å².